The summed E-state index contributed by atoms with van der Waals surface area (Å²) in [7, 11) is 0. The minimum absolute atomic E-state index is 0.187. The van der Waals surface area contributed by atoms with E-state index in [1.807, 2.05) is 103 Å². The van der Waals surface area contributed by atoms with Gasteiger partial charge in [0.05, 0.1) is 5.39 Å². The third kappa shape index (κ3) is 3.09. The van der Waals surface area contributed by atoms with Gasteiger partial charge in [-0.2, -0.15) is 4.74 Å². The van der Waals surface area contributed by atoms with Gasteiger partial charge in [-0.15, -0.1) is 11.6 Å². The van der Waals surface area contributed by atoms with Crippen LogP contribution in [-0.4, -0.2) is 4.74 Å². The predicted octanol–water partition coefficient (Wildman–Crippen LogP) is 6.17. The maximum Gasteiger partial charge on any atom is 0.291 e. The highest BCUT2D eigenvalue weighted by Gasteiger charge is 2.42. The Morgan fingerprint density at radius 1 is 0.710 bits per heavy atom. The summed E-state index contributed by atoms with van der Waals surface area (Å²) in [6.07, 6.45) is 0. The van der Waals surface area contributed by atoms with Gasteiger partial charge in [0.15, 0.2) is 11.1 Å². The third-order valence-electron chi connectivity index (χ3n) is 5.68. The van der Waals surface area contributed by atoms with Crippen LogP contribution < -0.4 is 5.56 Å². The molecule has 4 heteroatoms. The van der Waals surface area contributed by atoms with Gasteiger partial charge >= 0.3 is 0 Å². The second kappa shape index (κ2) is 7.93. The zero-order chi connectivity index (χ0) is 21.3. The smallest absolute Gasteiger partial charge is 0.291 e. The highest BCUT2D eigenvalue weighted by molar-refractivity contribution is 6.17. The molecule has 1 heterocycles. The van der Waals surface area contributed by atoms with Crippen LogP contribution in [0.2, 0.25) is 0 Å². The largest absolute Gasteiger partial charge is 0.374 e. The molecule has 0 radical (unpaired) electrons. The molecule has 0 aliphatic carbocycles. The fourth-order valence-corrected chi connectivity index (χ4v) is 4.43. The summed E-state index contributed by atoms with van der Waals surface area (Å²) in [5.41, 5.74) is 3.08. The summed E-state index contributed by atoms with van der Waals surface area (Å²) in [5, 5.41) is 0.529. The van der Waals surface area contributed by atoms with Crippen molar-refractivity contribution in [2.45, 2.75) is 11.4 Å². The van der Waals surface area contributed by atoms with Crippen LogP contribution in [0.4, 0.5) is 0 Å². The fraction of sp³-hybridized carbons (Fsp3) is 0.0741. The van der Waals surface area contributed by atoms with Crippen LogP contribution >= 0.6 is 11.6 Å². The number of alkyl halides is 1. The van der Waals surface area contributed by atoms with Crippen LogP contribution in [0.5, 0.6) is 0 Å². The average Bonchev–Trinajstić information content (AvgIpc) is 3.17. The molecule has 1 aromatic heterocycles. The molecular weight excluding hydrogens is 406 g/mol. The van der Waals surface area contributed by atoms with Crippen molar-refractivity contribution in [3.63, 3.8) is 0 Å². The van der Waals surface area contributed by atoms with E-state index in [-0.39, 0.29) is 5.56 Å². The van der Waals surface area contributed by atoms with Crippen molar-refractivity contribution >= 4 is 22.6 Å². The van der Waals surface area contributed by atoms with Crippen LogP contribution in [0.25, 0.3) is 11.0 Å². The normalized spacial score (nSPS) is 11.6. The van der Waals surface area contributed by atoms with E-state index in [2.05, 4.69) is 0 Å². The van der Waals surface area contributed by atoms with Crippen molar-refractivity contribution in [1.29, 1.82) is 0 Å². The zero-order valence-electron chi connectivity index (χ0n) is 16.7. The summed E-state index contributed by atoms with van der Waals surface area (Å²) in [5.74, 6) is 0.353. The number of nitrogens with zero attached hydrogens (tertiary/aromatic N) is 1. The molecule has 0 aliphatic rings. The molecule has 152 valence electrons. The summed E-state index contributed by atoms with van der Waals surface area (Å²) in [4.78, 5) is 13.7. The van der Waals surface area contributed by atoms with E-state index in [1.165, 1.54) is 4.74 Å². The van der Waals surface area contributed by atoms with Gasteiger partial charge in [-0.05, 0) is 34.4 Å². The second-order valence-electron chi connectivity index (χ2n) is 7.46. The van der Waals surface area contributed by atoms with Crippen molar-refractivity contribution in [3.8, 4) is 0 Å². The number of rotatable bonds is 5. The van der Waals surface area contributed by atoms with Crippen molar-refractivity contribution < 1.29 is 4.52 Å². The number of hydrogen-bond acceptors (Lipinski definition) is 2. The van der Waals surface area contributed by atoms with Crippen molar-refractivity contribution in [2.75, 3.05) is 0 Å². The van der Waals surface area contributed by atoms with E-state index in [4.69, 9.17) is 16.1 Å². The molecular formula is C27H20ClNO2. The lowest BCUT2D eigenvalue weighted by Gasteiger charge is -2.34. The van der Waals surface area contributed by atoms with Crippen LogP contribution in [0.1, 0.15) is 22.3 Å². The van der Waals surface area contributed by atoms with Gasteiger partial charge in [-0.25, -0.2) is 0 Å². The molecule has 0 spiro atoms. The zero-order valence-corrected chi connectivity index (χ0v) is 17.5. The fourth-order valence-electron chi connectivity index (χ4n) is 4.26. The molecule has 3 nitrogen and oxygen atoms in total. The molecule has 0 N–H and O–H groups in total. The van der Waals surface area contributed by atoms with E-state index in [9.17, 15) is 4.79 Å². The third-order valence-corrected chi connectivity index (χ3v) is 5.99. The molecule has 5 rings (SSSR count). The minimum atomic E-state index is -0.971. The molecule has 5 aromatic rings. The number of benzene rings is 4. The first-order valence-electron chi connectivity index (χ1n) is 10.1. The highest BCUT2D eigenvalue weighted by atomic mass is 35.5. The van der Waals surface area contributed by atoms with Crippen LogP contribution in [0, 0.1) is 0 Å². The number of halogens is 1. The lowest BCUT2D eigenvalue weighted by atomic mass is 9.77. The highest BCUT2D eigenvalue weighted by Crippen LogP contribution is 2.40. The summed E-state index contributed by atoms with van der Waals surface area (Å²) in [6.45, 7) is 0. The molecule has 0 amide bonds. The Hall–Kier alpha value is -3.56. The van der Waals surface area contributed by atoms with Crippen LogP contribution in [0.15, 0.2) is 119 Å². The Balaban J connectivity index is 1.95. The van der Waals surface area contributed by atoms with E-state index in [1.54, 1.807) is 6.07 Å². The van der Waals surface area contributed by atoms with Gasteiger partial charge in [0.1, 0.15) is 0 Å². The first-order valence-corrected chi connectivity index (χ1v) is 10.7. The number of hydrogen-bond donors (Lipinski definition) is 0. The maximum absolute atomic E-state index is 13.7. The molecule has 0 saturated heterocycles. The van der Waals surface area contributed by atoms with Crippen LogP contribution in [-0.2, 0) is 11.4 Å². The second-order valence-corrected chi connectivity index (χ2v) is 7.73. The van der Waals surface area contributed by atoms with E-state index in [0.29, 0.717) is 16.8 Å². The Bertz CT molecular complexity index is 1280. The summed E-state index contributed by atoms with van der Waals surface area (Å²) < 4.78 is 7.83. The predicted molar refractivity (Wildman–Crippen MR) is 125 cm³/mol. The topological polar surface area (TPSA) is 35.1 Å². The molecule has 0 unspecified atom stereocenters. The van der Waals surface area contributed by atoms with E-state index < -0.39 is 5.54 Å². The Morgan fingerprint density at radius 3 is 1.65 bits per heavy atom. The SMILES string of the molecule is O=c1c2ccc(CCl)cc2on1C(c1ccccc1)(c1ccccc1)c1ccccc1. The molecule has 31 heavy (non-hydrogen) atoms. The lowest BCUT2D eigenvalue weighted by molar-refractivity contribution is 0.221. The molecule has 4 aromatic carbocycles. The summed E-state index contributed by atoms with van der Waals surface area (Å²) in [6, 6.07) is 35.5. The maximum atomic E-state index is 13.7. The van der Waals surface area contributed by atoms with Crippen LogP contribution in [0.3, 0.4) is 0 Å². The molecule has 0 bridgehead atoms. The monoisotopic (exact) mass is 425 g/mol. The van der Waals surface area contributed by atoms with Gasteiger partial charge in [0.2, 0.25) is 0 Å². The standard InChI is InChI=1S/C27H20ClNO2/c28-19-20-16-17-24-25(18-20)31-29(26(24)30)27(21-10-4-1-5-11-21,22-12-6-2-7-13-22)23-14-8-3-9-15-23/h1-18H,19H2. The molecule has 0 fully saturated rings. The van der Waals surface area contributed by atoms with Gasteiger partial charge in [0, 0.05) is 5.88 Å². The van der Waals surface area contributed by atoms with Crippen molar-refractivity contribution in [3.05, 3.63) is 142 Å². The Labute approximate surface area is 185 Å². The molecule has 0 atom stereocenters. The van der Waals surface area contributed by atoms with E-state index in [0.717, 1.165) is 22.3 Å². The molecule has 0 saturated carbocycles. The van der Waals surface area contributed by atoms with Crippen molar-refractivity contribution in [1.82, 2.24) is 4.74 Å². The first kappa shape index (κ1) is 19.4. The Morgan fingerprint density at radius 2 is 1.19 bits per heavy atom. The quantitative estimate of drug-likeness (QED) is 0.249. The van der Waals surface area contributed by atoms with Crippen molar-refractivity contribution in [2.24, 2.45) is 0 Å². The van der Waals surface area contributed by atoms with Gasteiger partial charge in [0.25, 0.3) is 5.56 Å². The summed E-state index contributed by atoms with van der Waals surface area (Å²) >= 11 is 6.02. The average molecular weight is 426 g/mol. The lowest BCUT2D eigenvalue weighted by Crippen LogP contribution is -2.42. The van der Waals surface area contributed by atoms with Gasteiger partial charge in [-0.1, -0.05) is 97.1 Å². The minimum Gasteiger partial charge on any atom is -0.374 e. The Kier molecular flexibility index (Phi) is 4.97. The molecule has 0 aliphatic heterocycles. The van der Waals surface area contributed by atoms with E-state index >= 15 is 0 Å². The number of fused-ring (bicyclic) bond motifs is 1. The first-order chi connectivity index (χ1) is 15.2. The van der Waals surface area contributed by atoms with Gasteiger partial charge < -0.3 is 4.52 Å². The number of aromatic nitrogens is 1. The van der Waals surface area contributed by atoms with Gasteiger partial charge in [-0.3, -0.25) is 4.79 Å².